The highest BCUT2D eigenvalue weighted by atomic mass is 16.6. The Balaban J connectivity index is 1.68. The summed E-state index contributed by atoms with van der Waals surface area (Å²) in [7, 11) is 0. The van der Waals surface area contributed by atoms with Crippen LogP contribution in [0.3, 0.4) is 0 Å². The Morgan fingerprint density at radius 1 is 1.33 bits per heavy atom. The van der Waals surface area contributed by atoms with Gasteiger partial charge in [-0.05, 0) is 11.8 Å². The number of hydrogen-bond acceptors (Lipinski definition) is 7. The Bertz CT molecular complexity index is 827. The second-order valence-corrected chi connectivity index (χ2v) is 7.03. The minimum Gasteiger partial charge on any atom is -0.386 e. The number of aromatic nitrogens is 4. The van der Waals surface area contributed by atoms with Crippen molar-refractivity contribution in [3.05, 3.63) is 12.7 Å². The summed E-state index contributed by atoms with van der Waals surface area (Å²) in [6.45, 7) is 4.37. The van der Waals surface area contributed by atoms with E-state index in [2.05, 4.69) is 40.0 Å². The first kappa shape index (κ1) is 15.3. The monoisotopic (exact) mass is 329 g/mol. The van der Waals surface area contributed by atoms with Crippen molar-refractivity contribution in [2.45, 2.75) is 50.8 Å². The number of imidazole rings is 1. The zero-order chi connectivity index (χ0) is 17.1. The van der Waals surface area contributed by atoms with E-state index in [4.69, 9.17) is 11.2 Å². The normalized spacial score (nSPS) is 34.2. The summed E-state index contributed by atoms with van der Waals surface area (Å²) >= 11 is 0. The van der Waals surface area contributed by atoms with Crippen LogP contribution in [0.1, 0.15) is 26.5 Å². The van der Waals surface area contributed by atoms with Crippen molar-refractivity contribution in [1.82, 2.24) is 19.5 Å². The lowest BCUT2D eigenvalue weighted by molar-refractivity contribution is -0.0230. The van der Waals surface area contributed by atoms with Gasteiger partial charge in [-0.2, -0.15) is 0 Å². The van der Waals surface area contributed by atoms with Gasteiger partial charge in [-0.15, -0.1) is 6.42 Å². The number of anilines is 1. The molecule has 8 nitrogen and oxygen atoms in total. The van der Waals surface area contributed by atoms with Gasteiger partial charge in [-0.25, -0.2) is 15.0 Å². The molecule has 0 aromatic carbocycles. The van der Waals surface area contributed by atoms with Crippen LogP contribution in [0.25, 0.3) is 11.2 Å². The first-order chi connectivity index (χ1) is 11.4. The topological polar surface area (TPSA) is 105 Å². The molecule has 3 N–H and O–H groups in total. The number of aliphatic hydroxyl groups is 2. The van der Waals surface area contributed by atoms with Crippen molar-refractivity contribution in [2.24, 2.45) is 5.41 Å². The lowest BCUT2D eigenvalue weighted by Gasteiger charge is -2.16. The molecule has 2 fully saturated rings. The third kappa shape index (κ3) is 2.24. The number of hydrogen-bond donors (Lipinski definition) is 3. The van der Waals surface area contributed by atoms with Crippen LogP contribution in [0.5, 0.6) is 0 Å². The van der Waals surface area contributed by atoms with Crippen LogP contribution >= 0.6 is 0 Å². The lowest BCUT2D eigenvalue weighted by Crippen LogP contribution is -2.30. The average molecular weight is 329 g/mol. The Kier molecular flexibility index (Phi) is 3.28. The van der Waals surface area contributed by atoms with Crippen LogP contribution in [-0.4, -0.2) is 54.1 Å². The van der Waals surface area contributed by atoms with Crippen molar-refractivity contribution in [3.8, 4) is 12.3 Å². The van der Waals surface area contributed by atoms with E-state index < -0.39 is 24.5 Å². The van der Waals surface area contributed by atoms with Gasteiger partial charge in [0.05, 0.1) is 6.33 Å². The van der Waals surface area contributed by atoms with E-state index in [1.807, 2.05) is 0 Å². The van der Waals surface area contributed by atoms with E-state index in [-0.39, 0.29) is 5.41 Å². The van der Waals surface area contributed by atoms with Gasteiger partial charge < -0.3 is 20.3 Å². The van der Waals surface area contributed by atoms with Gasteiger partial charge >= 0.3 is 0 Å². The maximum absolute atomic E-state index is 10.2. The smallest absolute Gasteiger partial charge is 0.167 e. The molecule has 3 heterocycles. The first-order valence-corrected chi connectivity index (χ1v) is 7.84. The number of fused-ring (bicyclic) bond motifs is 1. The third-order valence-electron chi connectivity index (χ3n) is 4.86. The fourth-order valence-corrected chi connectivity index (χ4v) is 3.05. The largest absolute Gasteiger partial charge is 0.386 e. The number of ether oxygens (including phenoxy) is 1. The highest BCUT2D eigenvalue weighted by molar-refractivity contribution is 5.83. The maximum Gasteiger partial charge on any atom is 0.167 e. The molecule has 0 radical (unpaired) electrons. The molecule has 2 aromatic heterocycles. The molecular weight excluding hydrogens is 310 g/mol. The molecule has 1 saturated carbocycles. The average Bonchev–Trinajstić information content (AvgIpc) is 2.87. The van der Waals surface area contributed by atoms with Gasteiger partial charge in [0.25, 0.3) is 0 Å². The predicted octanol–water partition coefficient (Wildman–Crippen LogP) is 0.289. The van der Waals surface area contributed by atoms with Gasteiger partial charge in [0.15, 0.2) is 23.2 Å². The van der Waals surface area contributed by atoms with E-state index in [0.29, 0.717) is 23.0 Å². The standard InChI is InChI=1S/C16H19N5O3/c1-4-8-11(22)12(23)15(24-8)21-7-19-10-13(17-6-18-14(10)21)20-9-5-16(9,2)3/h1,6-9,11-12,15,22-23H,5H2,2-3H3,(H,17,18,20)/t8-,9?,11-,12-,15-/m1/s1. The zero-order valence-corrected chi connectivity index (χ0v) is 13.4. The van der Waals surface area contributed by atoms with Crippen molar-refractivity contribution in [1.29, 1.82) is 0 Å². The summed E-state index contributed by atoms with van der Waals surface area (Å²) < 4.78 is 7.13. The van der Waals surface area contributed by atoms with Crippen molar-refractivity contribution >= 4 is 17.0 Å². The molecule has 1 saturated heterocycles. The minimum absolute atomic E-state index is 0.245. The Hall–Kier alpha value is -2.21. The van der Waals surface area contributed by atoms with Gasteiger partial charge in [0, 0.05) is 6.04 Å². The fourth-order valence-electron chi connectivity index (χ4n) is 3.05. The van der Waals surface area contributed by atoms with E-state index in [1.54, 1.807) is 4.57 Å². The van der Waals surface area contributed by atoms with Crippen LogP contribution in [-0.2, 0) is 4.74 Å². The second-order valence-electron chi connectivity index (χ2n) is 7.03. The Labute approximate surface area is 138 Å². The number of terminal acetylenes is 1. The predicted molar refractivity (Wildman–Crippen MR) is 85.9 cm³/mol. The molecule has 0 spiro atoms. The Morgan fingerprint density at radius 2 is 2.08 bits per heavy atom. The lowest BCUT2D eigenvalue weighted by atomic mass is 10.1. The van der Waals surface area contributed by atoms with E-state index in [0.717, 1.165) is 6.42 Å². The molecule has 4 rings (SSSR count). The SMILES string of the molecule is C#C[C@H]1O[C@@H](n2cnc3c(NC4CC4(C)C)ncnc32)[C@H](O)[C@@H]1O. The molecule has 0 bridgehead atoms. The number of nitrogens with one attached hydrogen (secondary N) is 1. The molecule has 24 heavy (non-hydrogen) atoms. The van der Waals surface area contributed by atoms with Crippen LogP contribution in [0, 0.1) is 17.8 Å². The van der Waals surface area contributed by atoms with Gasteiger partial charge in [0.1, 0.15) is 24.6 Å². The molecule has 1 aliphatic heterocycles. The van der Waals surface area contributed by atoms with Crippen LogP contribution in [0.15, 0.2) is 12.7 Å². The molecule has 126 valence electrons. The van der Waals surface area contributed by atoms with Crippen LogP contribution in [0.2, 0.25) is 0 Å². The molecule has 1 unspecified atom stereocenters. The quantitative estimate of drug-likeness (QED) is 0.695. The summed E-state index contributed by atoms with van der Waals surface area (Å²) in [5.41, 5.74) is 1.35. The zero-order valence-electron chi connectivity index (χ0n) is 13.4. The summed E-state index contributed by atoms with van der Waals surface area (Å²) in [5, 5.41) is 23.5. The number of aliphatic hydroxyl groups excluding tert-OH is 2. The summed E-state index contributed by atoms with van der Waals surface area (Å²) in [5.74, 6) is 2.98. The molecule has 5 atom stereocenters. The molecule has 8 heteroatoms. The van der Waals surface area contributed by atoms with Crippen molar-refractivity contribution in [2.75, 3.05) is 5.32 Å². The highest BCUT2D eigenvalue weighted by Gasteiger charge is 2.46. The summed E-state index contributed by atoms with van der Waals surface area (Å²) in [6, 6.07) is 0.349. The number of nitrogens with zero attached hydrogens (tertiary/aromatic N) is 4. The van der Waals surface area contributed by atoms with E-state index in [9.17, 15) is 10.2 Å². The molecule has 1 aliphatic carbocycles. The third-order valence-corrected chi connectivity index (χ3v) is 4.86. The first-order valence-electron chi connectivity index (χ1n) is 7.84. The second kappa shape index (κ2) is 5.14. The van der Waals surface area contributed by atoms with Crippen LogP contribution in [0.4, 0.5) is 5.82 Å². The maximum atomic E-state index is 10.2. The molecule has 2 aliphatic rings. The van der Waals surface area contributed by atoms with Gasteiger partial charge in [0.2, 0.25) is 0 Å². The number of rotatable bonds is 3. The molecule has 2 aromatic rings. The van der Waals surface area contributed by atoms with E-state index >= 15 is 0 Å². The summed E-state index contributed by atoms with van der Waals surface area (Å²) in [4.78, 5) is 12.9. The molecule has 0 amide bonds. The van der Waals surface area contributed by atoms with E-state index in [1.165, 1.54) is 12.7 Å². The molecular formula is C16H19N5O3. The fraction of sp³-hybridized carbons (Fsp3) is 0.562. The van der Waals surface area contributed by atoms with Crippen molar-refractivity contribution in [3.63, 3.8) is 0 Å². The minimum atomic E-state index is -1.16. The Morgan fingerprint density at radius 3 is 2.71 bits per heavy atom. The van der Waals surface area contributed by atoms with Gasteiger partial charge in [-0.1, -0.05) is 19.8 Å². The van der Waals surface area contributed by atoms with Crippen molar-refractivity contribution < 1.29 is 14.9 Å². The highest BCUT2D eigenvalue weighted by Crippen LogP contribution is 2.46. The van der Waals surface area contributed by atoms with Gasteiger partial charge in [-0.3, -0.25) is 4.57 Å². The summed E-state index contributed by atoms with van der Waals surface area (Å²) in [6.07, 6.45) is 5.33. The van der Waals surface area contributed by atoms with Crippen LogP contribution < -0.4 is 5.32 Å².